The lowest BCUT2D eigenvalue weighted by atomic mass is 9.94. The molecule has 0 aromatic heterocycles. The fourth-order valence-corrected chi connectivity index (χ4v) is 4.29. The lowest BCUT2D eigenvalue weighted by Gasteiger charge is -2.29. The van der Waals surface area contributed by atoms with E-state index in [9.17, 15) is 19.5 Å². The van der Waals surface area contributed by atoms with Crippen molar-refractivity contribution in [2.75, 3.05) is 6.54 Å². The van der Waals surface area contributed by atoms with Crippen LogP contribution in [0.15, 0.2) is 42.5 Å². The Bertz CT molecular complexity index is 983. The van der Waals surface area contributed by atoms with Gasteiger partial charge in [0.1, 0.15) is 0 Å². The van der Waals surface area contributed by atoms with Crippen LogP contribution >= 0.6 is 11.6 Å². The van der Waals surface area contributed by atoms with Gasteiger partial charge in [-0.1, -0.05) is 43.0 Å². The summed E-state index contributed by atoms with van der Waals surface area (Å²) in [6.07, 6.45) is 3.95. The predicted molar refractivity (Wildman–Crippen MR) is 113 cm³/mol. The van der Waals surface area contributed by atoms with E-state index >= 15 is 0 Å². The van der Waals surface area contributed by atoms with Gasteiger partial charge in [-0.3, -0.25) is 19.3 Å². The van der Waals surface area contributed by atoms with E-state index in [1.165, 1.54) is 11.0 Å². The Labute approximate surface area is 179 Å². The van der Waals surface area contributed by atoms with E-state index in [0.29, 0.717) is 16.1 Å². The average Bonchev–Trinajstić information content (AvgIpc) is 3.02. The minimum atomic E-state index is -0.884. The number of aliphatic hydroxyl groups excluding tert-OH is 1. The number of imide groups is 1. The SMILES string of the molecule is O=C(NCC(O)c1ccc(Cl)cc1)c1ccc2c(c1)C(=O)N(C1CCCCC1)C2=O. The molecule has 1 aliphatic heterocycles. The standard InChI is InChI=1S/C23H23ClN2O4/c24-16-9-6-14(7-10-16)20(27)13-25-21(28)15-8-11-18-19(12-15)23(30)26(22(18)29)17-4-2-1-3-5-17/h6-12,17,20,27H,1-5,13H2,(H,25,28). The molecule has 0 spiro atoms. The van der Waals surface area contributed by atoms with Crippen LogP contribution in [-0.2, 0) is 0 Å². The molecule has 1 atom stereocenters. The van der Waals surface area contributed by atoms with Crippen LogP contribution in [-0.4, -0.2) is 40.3 Å². The Hall–Kier alpha value is -2.70. The summed E-state index contributed by atoms with van der Waals surface area (Å²) in [7, 11) is 0. The maximum atomic E-state index is 12.9. The zero-order chi connectivity index (χ0) is 21.3. The lowest BCUT2D eigenvalue weighted by molar-refractivity contribution is 0.0548. The average molecular weight is 427 g/mol. The van der Waals surface area contributed by atoms with Crippen molar-refractivity contribution in [1.29, 1.82) is 0 Å². The number of amides is 3. The summed E-state index contributed by atoms with van der Waals surface area (Å²) in [5, 5.41) is 13.5. The van der Waals surface area contributed by atoms with E-state index in [0.717, 1.165) is 32.1 Å². The van der Waals surface area contributed by atoms with Crippen molar-refractivity contribution in [2.24, 2.45) is 0 Å². The molecule has 2 aromatic rings. The summed E-state index contributed by atoms with van der Waals surface area (Å²) in [6, 6.07) is 11.2. The quantitative estimate of drug-likeness (QED) is 0.713. The zero-order valence-electron chi connectivity index (χ0n) is 16.4. The number of aliphatic hydroxyl groups is 1. The molecule has 0 radical (unpaired) electrons. The number of fused-ring (bicyclic) bond motifs is 1. The summed E-state index contributed by atoms with van der Waals surface area (Å²) in [5.74, 6) is -1.01. The molecule has 3 amide bonds. The Kier molecular flexibility index (Phi) is 5.88. The number of nitrogens with one attached hydrogen (secondary N) is 1. The molecule has 4 rings (SSSR count). The van der Waals surface area contributed by atoms with E-state index in [4.69, 9.17) is 11.6 Å². The number of carbonyl (C=O) groups excluding carboxylic acids is 3. The van der Waals surface area contributed by atoms with Crippen molar-refractivity contribution in [2.45, 2.75) is 44.2 Å². The highest BCUT2D eigenvalue weighted by Crippen LogP contribution is 2.31. The molecule has 2 N–H and O–H groups in total. The maximum Gasteiger partial charge on any atom is 0.261 e. The Morgan fingerprint density at radius 1 is 1.03 bits per heavy atom. The number of nitrogens with zero attached hydrogens (tertiary/aromatic N) is 1. The summed E-state index contributed by atoms with van der Waals surface area (Å²) >= 11 is 5.85. The van der Waals surface area contributed by atoms with Crippen molar-refractivity contribution in [3.05, 3.63) is 69.7 Å². The van der Waals surface area contributed by atoms with Gasteiger partial charge in [0.05, 0.1) is 17.2 Å². The van der Waals surface area contributed by atoms with E-state index in [1.807, 2.05) is 0 Å². The fourth-order valence-electron chi connectivity index (χ4n) is 4.17. The molecule has 2 aliphatic rings. The fraction of sp³-hybridized carbons (Fsp3) is 0.348. The smallest absolute Gasteiger partial charge is 0.261 e. The second-order valence-electron chi connectivity index (χ2n) is 7.81. The second kappa shape index (κ2) is 8.58. The minimum Gasteiger partial charge on any atom is -0.387 e. The molecule has 1 heterocycles. The Morgan fingerprint density at radius 3 is 2.40 bits per heavy atom. The molecular weight excluding hydrogens is 404 g/mol. The first kappa shape index (κ1) is 20.6. The molecule has 1 unspecified atom stereocenters. The second-order valence-corrected chi connectivity index (χ2v) is 8.25. The van der Waals surface area contributed by atoms with E-state index < -0.39 is 12.0 Å². The first-order chi connectivity index (χ1) is 14.5. The highest BCUT2D eigenvalue weighted by molar-refractivity contribution is 6.30. The summed E-state index contributed by atoms with van der Waals surface area (Å²) in [5.41, 5.74) is 1.54. The highest BCUT2D eigenvalue weighted by Gasteiger charge is 2.40. The highest BCUT2D eigenvalue weighted by atomic mass is 35.5. The molecule has 7 heteroatoms. The Balaban J connectivity index is 1.45. The van der Waals surface area contributed by atoms with Gasteiger partial charge in [-0.05, 0) is 48.7 Å². The van der Waals surface area contributed by atoms with Crippen LogP contribution in [0.5, 0.6) is 0 Å². The predicted octanol–water partition coefficient (Wildman–Crippen LogP) is 3.73. The van der Waals surface area contributed by atoms with Crippen LogP contribution < -0.4 is 5.32 Å². The lowest BCUT2D eigenvalue weighted by Crippen LogP contribution is -2.40. The summed E-state index contributed by atoms with van der Waals surface area (Å²) in [4.78, 5) is 39.6. The van der Waals surface area contributed by atoms with Crippen LogP contribution in [0.2, 0.25) is 5.02 Å². The van der Waals surface area contributed by atoms with Gasteiger partial charge in [0.2, 0.25) is 0 Å². The van der Waals surface area contributed by atoms with Crippen LogP contribution in [0.4, 0.5) is 0 Å². The number of hydrogen-bond donors (Lipinski definition) is 2. The van der Waals surface area contributed by atoms with Crippen molar-refractivity contribution >= 4 is 29.3 Å². The van der Waals surface area contributed by atoms with Crippen molar-refractivity contribution < 1.29 is 19.5 Å². The molecule has 1 saturated carbocycles. The Morgan fingerprint density at radius 2 is 1.70 bits per heavy atom. The van der Waals surface area contributed by atoms with Crippen LogP contribution in [0.3, 0.4) is 0 Å². The van der Waals surface area contributed by atoms with Crippen LogP contribution in [0.1, 0.15) is 74.8 Å². The molecule has 0 saturated heterocycles. The maximum absolute atomic E-state index is 12.9. The van der Waals surface area contributed by atoms with Gasteiger partial charge in [-0.25, -0.2) is 0 Å². The molecular formula is C23H23ClN2O4. The third-order valence-electron chi connectivity index (χ3n) is 5.83. The van der Waals surface area contributed by atoms with Crippen LogP contribution in [0, 0.1) is 0 Å². The number of hydrogen-bond acceptors (Lipinski definition) is 4. The molecule has 1 fully saturated rings. The van der Waals surface area contributed by atoms with Gasteiger partial charge in [-0.2, -0.15) is 0 Å². The van der Waals surface area contributed by atoms with Gasteiger partial charge in [-0.15, -0.1) is 0 Å². The van der Waals surface area contributed by atoms with Gasteiger partial charge >= 0.3 is 0 Å². The molecule has 6 nitrogen and oxygen atoms in total. The van der Waals surface area contributed by atoms with E-state index in [-0.39, 0.29) is 35.5 Å². The topological polar surface area (TPSA) is 86.7 Å². The number of benzene rings is 2. The monoisotopic (exact) mass is 426 g/mol. The zero-order valence-corrected chi connectivity index (χ0v) is 17.2. The van der Waals surface area contributed by atoms with Crippen molar-refractivity contribution in [3.63, 3.8) is 0 Å². The number of rotatable bonds is 5. The first-order valence-corrected chi connectivity index (χ1v) is 10.6. The summed E-state index contributed by atoms with van der Waals surface area (Å²) in [6.45, 7) is 0.0125. The number of halogens is 1. The molecule has 156 valence electrons. The van der Waals surface area contributed by atoms with Gasteiger partial charge in [0.25, 0.3) is 17.7 Å². The molecule has 0 bridgehead atoms. The summed E-state index contributed by atoms with van der Waals surface area (Å²) < 4.78 is 0. The molecule has 30 heavy (non-hydrogen) atoms. The largest absolute Gasteiger partial charge is 0.387 e. The third-order valence-corrected chi connectivity index (χ3v) is 6.08. The van der Waals surface area contributed by atoms with Crippen molar-refractivity contribution in [1.82, 2.24) is 10.2 Å². The molecule has 1 aliphatic carbocycles. The van der Waals surface area contributed by atoms with Gasteiger partial charge in [0, 0.05) is 23.2 Å². The third kappa shape index (κ3) is 3.98. The van der Waals surface area contributed by atoms with E-state index in [1.54, 1.807) is 36.4 Å². The van der Waals surface area contributed by atoms with Crippen LogP contribution in [0.25, 0.3) is 0 Å². The van der Waals surface area contributed by atoms with Gasteiger partial charge < -0.3 is 10.4 Å². The first-order valence-electron chi connectivity index (χ1n) is 10.2. The normalized spacial score (nSPS) is 17.7. The van der Waals surface area contributed by atoms with E-state index in [2.05, 4.69) is 5.32 Å². The minimum absolute atomic E-state index is 0.0125. The van der Waals surface area contributed by atoms with Crippen molar-refractivity contribution in [3.8, 4) is 0 Å². The molecule has 2 aromatic carbocycles. The number of carbonyl (C=O) groups is 3. The van der Waals surface area contributed by atoms with Gasteiger partial charge in [0.15, 0.2) is 0 Å².